The van der Waals surface area contributed by atoms with Crippen LogP contribution in [0.3, 0.4) is 0 Å². The van der Waals surface area contributed by atoms with Crippen molar-refractivity contribution in [2.75, 3.05) is 13.7 Å². The molecular formula is C27H31N3O4. The van der Waals surface area contributed by atoms with Gasteiger partial charge in [-0.3, -0.25) is 4.79 Å². The first-order chi connectivity index (χ1) is 16.5. The Morgan fingerprint density at radius 1 is 1.09 bits per heavy atom. The zero-order valence-electron chi connectivity index (χ0n) is 19.6. The smallest absolute Gasteiger partial charge is 0.409 e. The van der Waals surface area contributed by atoms with Crippen molar-refractivity contribution in [1.82, 2.24) is 14.5 Å². The van der Waals surface area contributed by atoms with Gasteiger partial charge in [0.15, 0.2) is 0 Å². The number of aromatic nitrogens is 2. The zero-order valence-corrected chi connectivity index (χ0v) is 19.6. The lowest BCUT2D eigenvalue weighted by atomic mass is 9.81. The molecule has 0 bridgehead atoms. The van der Waals surface area contributed by atoms with E-state index in [0.29, 0.717) is 25.9 Å². The quantitative estimate of drug-likeness (QED) is 0.592. The number of nitrogens with zero attached hydrogens (tertiary/aromatic N) is 3. The Labute approximate surface area is 199 Å². The third-order valence-electron chi connectivity index (χ3n) is 7.49. The molecule has 0 saturated heterocycles. The number of imidazole rings is 1. The summed E-state index contributed by atoms with van der Waals surface area (Å²) < 4.78 is 7.31. The van der Waals surface area contributed by atoms with Crippen LogP contribution in [0.1, 0.15) is 54.1 Å². The standard InChI is InChI=1S/C27H31N3O4/c1-34-27(33)29-15-14-19-11-12-23-24(22(19)17-29)28-25(20-7-9-21(10-8-20)26(31)32)30(23)16-13-18-5-3-2-4-6-18/h2-6,11-12,20-21H,7-10,13-17H2,1H3,(H,31,32)/t20-,21+. The molecule has 0 atom stereocenters. The molecule has 1 aromatic heterocycles. The second kappa shape index (κ2) is 9.49. The summed E-state index contributed by atoms with van der Waals surface area (Å²) in [5.74, 6) is 0.362. The predicted molar refractivity (Wildman–Crippen MR) is 129 cm³/mol. The van der Waals surface area contributed by atoms with Crippen molar-refractivity contribution >= 4 is 23.1 Å². The summed E-state index contributed by atoms with van der Waals surface area (Å²) in [6, 6.07) is 14.8. The number of amides is 1. The molecule has 2 aromatic carbocycles. The Hall–Kier alpha value is -3.35. The number of ether oxygens (including phenoxy) is 1. The van der Waals surface area contributed by atoms with E-state index in [0.717, 1.165) is 54.6 Å². The molecule has 7 nitrogen and oxygen atoms in total. The minimum atomic E-state index is -0.687. The van der Waals surface area contributed by atoms with Crippen molar-refractivity contribution in [1.29, 1.82) is 0 Å². The Kier molecular flexibility index (Phi) is 6.26. The van der Waals surface area contributed by atoms with Gasteiger partial charge in [0.25, 0.3) is 0 Å². The molecule has 5 rings (SSSR count). The number of aryl methyl sites for hydroxylation is 2. The number of methoxy groups -OCH3 is 1. The molecule has 3 aromatic rings. The summed E-state index contributed by atoms with van der Waals surface area (Å²) in [5, 5.41) is 9.43. The lowest BCUT2D eigenvalue weighted by Gasteiger charge is -2.27. The SMILES string of the molecule is COC(=O)N1CCc2ccc3c(nc([C@H]4CC[C@@H](C(=O)O)CC4)n3CCc3ccccc3)c2C1. The molecule has 0 spiro atoms. The molecule has 0 radical (unpaired) electrons. The first-order valence-electron chi connectivity index (χ1n) is 12.2. The third-order valence-corrected chi connectivity index (χ3v) is 7.49. The van der Waals surface area contributed by atoms with Crippen LogP contribution in [0, 0.1) is 5.92 Å². The Morgan fingerprint density at radius 2 is 1.85 bits per heavy atom. The molecule has 178 valence electrons. The molecule has 1 N–H and O–H groups in total. The van der Waals surface area contributed by atoms with Crippen LogP contribution in [0.15, 0.2) is 42.5 Å². The maximum absolute atomic E-state index is 12.2. The van der Waals surface area contributed by atoms with E-state index in [4.69, 9.17) is 9.72 Å². The van der Waals surface area contributed by atoms with Crippen molar-refractivity contribution < 1.29 is 19.4 Å². The maximum atomic E-state index is 12.2. The number of carboxylic acid groups (broad SMARTS) is 1. The van der Waals surface area contributed by atoms with Crippen molar-refractivity contribution in [2.45, 2.75) is 57.5 Å². The average Bonchev–Trinajstić information content (AvgIpc) is 3.26. The minimum absolute atomic E-state index is 0.245. The van der Waals surface area contributed by atoms with E-state index >= 15 is 0 Å². The summed E-state index contributed by atoms with van der Waals surface area (Å²) in [6.45, 7) is 1.96. The van der Waals surface area contributed by atoms with Gasteiger partial charge in [0.2, 0.25) is 0 Å². The number of aliphatic carboxylic acids is 1. The summed E-state index contributed by atoms with van der Waals surface area (Å²) >= 11 is 0. The molecule has 1 fully saturated rings. The van der Waals surface area contributed by atoms with Crippen LogP contribution in [-0.4, -0.2) is 45.3 Å². The van der Waals surface area contributed by atoms with Crippen LogP contribution < -0.4 is 0 Å². The largest absolute Gasteiger partial charge is 0.481 e. The molecule has 1 aliphatic heterocycles. The zero-order chi connectivity index (χ0) is 23.7. The Balaban J connectivity index is 1.52. The first kappa shape index (κ1) is 22.4. The second-order valence-corrected chi connectivity index (χ2v) is 9.46. The van der Waals surface area contributed by atoms with Crippen LogP contribution in [0.2, 0.25) is 0 Å². The Bertz CT molecular complexity index is 1200. The van der Waals surface area contributed by atoms with E-state index in [1.54, 1.807) is 4.90 Å². The van der Waals surface area contributed by atoms with Gasteiger partial charge in [-0.1, -0.05) is 36.4 Å². The number of rotatable bonds is 5. The van der Waals surface area contributed by atoms with Crippen molar-refractivity contribution in [2.24, 2.45) is 5.92 Å². The highest BCUT2D eigenvalue weighted by molar-refractivity contribution is 5.82. The van der Waals surface area contributed by atoms with Crippen LogP contribution >= 0.6 is 0 Å². The lowest BCUT2D eigenvalue weighted by Crippen LogP contribution is -2.35. The average molecular weight is 462 g/mol. The van der Waals surface area contributed by atoms with Crippen LogP contribution in [0.25, 0.3) is 11.0 Å². The molecule has 1 amide bonds. The fraction of sp³-hybridized carbons (Fsp3) is 0.444. The fourth-order valence-corrected chi connectivity index (χ4v) is 5.56. The summed E-state index contributed by atoms with van der Waals surface area (Å²) in [5.41, 5.74) is 5.68. The van der Waals surface area contributed by atoms with Gasteiger partial charge in [-0.2, -0.15) is 0 Å². The van der Waals surface area contributed by atoms with Gasteiger partial charge in [-0.25, -0.2) is 9.78 Å². The van der Waals surface area contributed by atoms with Gasteiger partial charge in [0.05, 0.1) is 30.6 Å². The number of carbonyl (C=O) groups is 2. The van der Waals surface area contributed by atoms with Gasteiger partial charge >= 0.3 is 12.1 Å². The van der Waals surface area contributed by atoms with E-state index in [1.807, 2.05) is 6.07 Å². The molecule has 34 heavy (non-hydrogen) atoms. The number of carbonyl (C=O) groups excluding carboxylic acids is 1. The van der Waals surface area contributed by atoms with Crippen LogP contribution in [0.4, 0.5) is 4.79 Å². The van der Waals surface area contributed by atoms with Gasteiger partial charge in [-0.15, -0.1) is 0 Å². The van der Waals surface area contributed by atoms with E-state index in [9.17, 15) is 14.7 Å². The fourth-order valence-electron chi connectivity index (χ4n) is 5.56. The van der Waals surface area contributed by atoms with Gasteiger partial charge < -0.3 is 19.3 Å². The normalized spacial score (nSPS) is 20.2. The Morgan fingerprint density at radius 3 is 2.56 bits per heavy atom. The molecular weight excluding hydrogens is 430 g/mol. The number of hydrogen-bond acceptors (Lipinski definition) is 4. The monoisotopic (exact) mass is 461 g/mol. The summed E-state index contributed by atoms with van der Waals surface area (Å²) in [6.07, 6.45) is 4.43. The number of fused-ring (bicyclic) bond motifs is 3. The maximum Gasteiger partial charge on any atom is 0.409 e. The van der Waals surface area contributed by atoms with E-state index in [2.05, 4.69) is 41.0 Å². The van der Waals surface area contributed by atoms with E-state index < -0.39 is 5.97 Å². The van der Waals surface area contributed by atoms with Crippen LogP contribution in [-0.2, 0) is 35.5 Å². The summed E-state index contributed by atoms with van der Waals surface area (Å²) in [7, 11) is 1.42. The number of benzene rings is 2. The molecule has 0 unspecified atom stereocenters. The number of hydrogen-bond donors (Lipinski definition) is 1. The van der Waals surface area contributed by atoms with Crippen molar-refractivity contribution in [3.8, 4) is 0 Å². The van der Waals surface area contributed by atoms with Gasteiger partial charge in [0.1, 0.15) is 5.82 Å². The van der Waals surface area contributed by atoms with Gasteiger partial charge in [0, 0.05) is 24.6 Å². The van der Waals surface area contributed by atoms with Crippen molar-refractivity contribution in [3.05, 3.63) is 65.0 Å². The lowest BCUT2D eigenvalue weighted by molar-refractivity contribution is -0.142. The highest BCUT2D eigenvalue weighted by Gasteiger charge is 2.31. The van der Waals surface area contributed by atoms with Crippen molar-refractivity contribution in [3.63, 3.8) is 0 Å². The van der Waals surface area contributed by atoms with Crippen LogP contribution in [0.5, 0.6) is 0 Å². The molecule has 7 heteroatoms. The topological polar surface area (TPSA) is 84.7 Å². The molecule has 1 aliphatic carbocycles. The highest BCUT2D eigenvalue weighted by Crippen LogP contribution is 2.38. The molecule has 2 aliphatic rings. The van der Waals surface area contributed by atoms with E-state index in [-0.39, 0.29) is 17.9 Å². The predicted octanol–water partition coefficient (Wildman–Crippen LogP) is 4.76. The first-order valence-corrected chi connectivity index (χ1v) is 12.2. The molecule has 1 saturated carbocycles. The summed E-state index contributed by atoms with van der Waals surface area (Å²) in [4.78, 5) is 30.6. The minimum Gasteiger partial charge on any atom is -0.481 e. The highest BCUT2D eigenvalue weighted by atomic mass is 16.5. The van der Waals surface area contributed by atoms with Gasteiger partial charge in [-0.05, 0) is 55.7 Å². The number of carboxylic acids is 1. The van der Waals surface area contributed by atoms with E-state index in [1.165, 1.54) is 18.2 Å². The molecule has 2 heterocycles. The second-order valence-electron chi connectivity index (χ2n) is 9.46. The third kappa shape index (κ3) is 4.27.